The van der Waals surface area contributed by atoms with E-state index >= 15 is 0 Å². The maximum atomic E-state index is 13.1. The van der Waals surface area contributed by atoms with Gasteiger partial charge in [-0.25, -0.2) is 10.1 Å². The number of hydrogen-bond acceptors (Lipinski definition) is 6. The summed E-state index contributed by atoms with van der Waals surface area (Å²) in [7, 11) is 2.89. The van der Waals surface area contributed by atoms with Gasteiger partial charge >= 0.3 is 0 Å². The summed E-state index contributed by atoms with van der Waals surface area (Å²) in [4.78, 5) is 13.1. The van der Waals surface area contributed by atoms with E-state index in [4.69, 9.17) is 44.3 Å². The number of ether oxygens (including phenoxy) is 2. The van der Waals surface area contributed by atoms with Crippen LogP contribution in [0.2, 0.25) is 15.1 Å². The molecular weight excluding hydrogens is 563 g/mol. The molecule has 0 unspecified atom stereocenters. The van der Waals surface area contributed by atoms with E-state index in [0.717, 1.165) is 5.56 Å². The second-order valence-corrected chi connectivity index (χ2v) is 9.44. The lowest BCUT2D eigenvalue weighted by atomic mass is 10.1. The summed E-state index contributed by atoms with van der Waals surface area (Å²) < 4.78 is 11.9. The van der Waals surface area contributed by atoms with Crippen molar-refractivity contribution >= 4 is 53.0 Å². The fourth-order valence-electron chi connectivity index (χ4n) is 3.82. The maximum Gasteiger partial charge on any atom is 0.292 e. The zero-order chi connectivity index (χ0) is 28.1. The lowest BCUT2D eigenvalue weighted by Gasteiger charge is -2.10. The molecule has 0 fully saturated rings. The first-order chi connectivity index (χ1) is 18.7. The average molecular weight is 586 g/mol. The quantitative estimate of drug-likeness (QED) is 0.172. The maximum absolute atomic E-state index is 13.1. The van der Waals surface area contributed by atoms with Gasteiger partial charge in [0.15, 0.2) is 17.2 Å². The average Bonchev–Trinajstić information content (AvgIpc) is 3.28. The van der Waals surface area contributed by atoms with Crippen LogP contribution in [-0.4, -0.2) is 41.2 Å². The number of phenols is 1. The number of carbonyl (C=O) groups excluding carboxylic acids is 1. The number of phenolic OH excluding ortho intramolecular Hbond substituents is 1. The first-order valence-corrected chi connectivity index (χ1v) is 12.6. The molecule has 8 nitrogen and oxygen atoms in total. The molecule has 200 valence electrons. The van der Waals surface area contributed by atoms with Gasteiger partial charge in [-0.2, -0.15) is 10.2 Å². The number of allylic oxidation sites excluding steroid dienone is 1. The van der Waals surface area contributed by atoms with Crippen molar-refractivity contribution in [1.29, 1.82) is 0 Å². The Morgan fingerprint density at radius 1 is 1.00 bits per heavy atom. The smallest absolute Gasteiger partial charge is 0.292 e. The third-order valence-electron chi connectivity index (χ3n) is 5.72. The first-order valence-electron chi connectivity index (χ1n) is 11.5. The molecule has 1 heterocycles. The van der Waals surface area contributed by atoms with Gasteiger partial charge in [0.05, 0.1) is 35.6 Å². The number of methoxy groups -OCH3 is 2. The number of benzene rings is 3. The van der Waals surface area contributed by atoms with Gasteiger partial charge in [-0.05, 0) is 61.0 Å². The zero-order valence-corrected chi connectivity index (χ0v) is 23.3. The second-order valence-electron chi connectivity index (χ2n) is 8.19. The fraction of sp³-hybridized carbons (Fsp3) is 0.107. The number of nitrogens with one attached hydrogen (secondary N) is 1. The predicted molar refractivity (Wildman–Crippen MR) is 155 cm³/mol. The standard InChI is InChI=1S/C28H23Cl3N4O4/c1-16-25(28(37)33-32-12-4-5-17-13-23(38-2)27(36)24(14-17)39-3)34-35(20-10-11-21(30)22(31)15-20)26(16)18-6-8-19(29)9-7-18/h4-15,36H,1-3H3,(H,33,37)/b5-4+,32-12+. The predicted octanol–water partition coefficient (Wildman–Crippen LogP) is 6.96. The summed E-state index contributed by atoms with van der Waals surface area (Å²) >= 11 is 18.4. The molecule has 4 rings (SSSR count). The number of nitrogens with zero attached hydrogens (tertiary/aromatic N) is 3. The van der Waals surface area contributed by atoms with Crippen LogP contribution in [0, 0.1) is 6.92 Å². The number of rotatable bonds is 8. The summed E-state index contributed by atoms with van der Waals surface area (Å²) in [5.41, 5.74) is 6.13. The van der Waals surface area contributed by atoms with Crippen LogP contribution in [0.1, 0.15) is 21.6 Å². The summed E-state index contributed by atoms with van der Waals surface area (Å²) in [6.07, 6.45) is 4.74. The molecule has 39 heavy (non-hydrogen) atoms. The van der Waals surface area contributed by atoms with Gasteiger partial charge in [-0.15, -0.1) is 0 Å². The third-order valence-corrected chi connectivity index (χ3v) is 6.71. The lowest BCUT2D eigenvalue weighted by Crippen LogP contribution is -2.19. The molecule has 0 saturated carbocycles. The monoisotopic (exact) mass is 584 g/mol. The summed E-state index contributed by atoms with van der Waals surface area (Å²) in [5.74, 6) is -0.0570. The van der Waals surface area contributed by atoms with E-state index in [-0.39, 0.29) is 22.9 Å². The van der Waals surface area contributed by atoms with Gasteiger partial charge in [0.2, 0.25) is 5.75 Å². The normalized spacial score (nSPS) is 11.3. The SMILES string of the molecule is COc1cc(/C=C/C=N/NC(=O)c2nn(-c3ccc(Cl)c(Cl)c3)c(-c3ccc(Cl)cc3)c2C)cc(OC)c1O. The van der Waals surface area contributed by atoms with Gasteiger partial charge in [-0.1, -0.05) is 53.0 Å². The molecule has 11 heteroatoms. The van der Waals surface area contributed by atoms with Crippen LogP contribution in [-0.2, 0) is 0 Å². The van der Waals surface area contributed by atoms with Crippen LogP contribution in [0.25, 0.3) is 23.0 Å². The summed E-state index contributed by atoms with van der Waals surface area (Å²) in [5, 5.41) is 20.0. The molecule has 2 N–H and O–H groups in total. The van der Waals surface area contributed by atoms with Crippen molar-refractivity contribution < 1.29 is 19.4 Å². The second kappa shape index (κ2) is 12.3. The lowest BCUT2D eigenvalue weighted by molar-refractivity contribution is 0.0949. The largest absolute Gasteiger partial charge is 0.502 e. The molecule has 0 atom stereocenters. The Labute approximate surface area is 240 Å². The number of halogens is 3. The molecule has 4 aromatic rings. The van der Waals surface area contributed by atoms with E-state index < -0.39 is 5.91 Å². The number of amides is 1. The summed E-state index contributed by atoms with van der Waals surface area (Å²) in [6, 6.07) is 15.6. The van der Waals surface area contributed by atoms with Crippen molar-refractivity contribution in [2.75, 3.05) is 14.2 Å². The highest BCUT2D eigenvalue weighted by Gasteiger charge is 2.22. The molecule has 1 amide bonds. The Bertz CT molecular complexity index is 1560. The van der Waals surface area contributed by atoms with E-state index in [0.29, 0.717) is 37.6 Å². The Balaban J connectivity index is 1.60. The third kappa shape index (κ3) is 6.20. The summed E-state index contributed by atoms with van der Waals surface area (Å²) in [6.45, 7) is 1.80. The van der Waals surface area contributed by atoms with Gasteiger partial charge in [0.1, 0.15) is 0 Å². The van der Waals surface area contributed by atoms with E-state index in [9.17, 15) is 9.90 Å². The molecule has 0 spiro atoms. The zero-order valence-electron chi connectivity index (χ0n) is 21.1. The Morgan fingerprint density at radius 2 is 1.67 bits per heavy atom. The van der Waals surface area contributed by atoms with Crippen LogP contribution in [0.5, 0.6) is 17.2 Å². The minimum atomic E-state index is -0.501. The van der Waals surface area contributed by atoms with Crippen molar-refractivity contribution in [1.82, 2.24) is 15.2 Å². The van der Waals surface area contributed by atoms with Crippen molar-refractivity contribution in [3.63, 3.8) is 0 Å². The van der Waals surface area contributed by atoms with Crippen LogP contribution in [0.3, 0.4) is 0 Å². The molecule has 0 radical (unpaired) electrons. The Kier molecular flexibility index (Phi) is 8.81. The van der Waals surface area contributed by atoms with Crippen molar-refractivity contribution in [2.24, 2.45) is 5.10 Å². The number of aromatic nitrogens is 2. The highest BCUT2D eigenvalue weighted by atomic mass is 35.5. The number of carbonyl (C=O) groups is 1. The van der Waals surface area contributed by atoms with Crippen molar-refractivity contribution in [3.05, 3.63) is 92.6 Å². The Morgan fingerprint density at radius 3 is 2.28 bits per heavy atom. The molecule has 3 aromatic carbocycles. The van der Waals surface area contributed by atoms with E-state index in [1.54, 1.807) is 66.2 Å². The van der Waals surface area contributed by atoms with Crippen LogP contribution >= 0.6 is 34.8 Å². The highest BCUT2D eigenvalue weighted by Crippen LogP contribution is 2.37. The molecule has 1 aromatic heterocycles. The van der Waals surface area contributed by atoms with E-state index in [1.165, 1.54) is 20.4 Å². The molecule has 0 bridgehead atoms. The molecule has 0 aliphatic carbocycles. The van der Waals surface area contributed by atoms with Crippen LogP contribution in [0.4, 0.5) is 0 Å². The Hall–Kier alpha value is -3.98. The van der Waals surface area contributed by atoms with Crippen molar-refractivity contribution in [3.8, 4) is 34.2 Å². The van der Waals surface area contributed by atoms with Gasteiger partial charge in [-0.3, -0.25) is 4.79 Å². The number of hydrogen-bond donors (Lipinski definition) is 2. The molecule has 0 aliphatic rings. The van der Waals surface area contributed by atoms with Gasteiger partial charge in [0.25, 0.3) is 5.91 Å². The first kappa shape index (κ1) is 28.0. The molecule has 0 aliphatic heterocycles. The van der Waals surface area contributed by atoms with E-state index in [2.05, 4.69) is 15.6 Å². The molecule has 0 saturated heterocycles. The van der Waals surface area contributed by atoms with Gasteiger partial charge < -0.3 is 14.6 Å². The minimum Gasteiger partial charge on any atom is -0.502 e. The molecular formula is C28H23Cl3N4O4. The number of hydrazone groups is 1. The van der Waals surface area contributed by atoms with Crippen molar-refractivity contribution in [2.45, 2.75) is 6.92 Å². The fourth-order valence-corrected chi connectivity index (χ4v) is 4.24. The minimum absolute atomic E-state index is 0.0910. The van der Waals surface area contributed by atoms with E-state index in [1.807, 2.05) is 12.1 Å². The highest BCUT2D eigenvalue weighted by molar-refractivity contribution is 6.42. The number of aromatic hydroxyl groups is 1. The van der Waals surface area contributed by atoms with Crippen LogP contribution in [0.15, 0.2) is 65.8 Å². The van der Waals surface area contributed by atoms with Crippen LogP contribution < -0.4 is 14.9 Å². The topological polar surface area (TPSA) is 98.0 Å². The van der Waals surface area contributed by atoms with Gasteiger partial charge in [0, 0.05) is 22.4 Å².